The molecule has 1 N–H and O–H groups in total. The van der Waals surface area contributed by atoms with Crippen LogP contribution in [-0.4, -0.2) is 13.4 Å². The Bertz CT molecular complexity index is 1300. The first-order valence-corrected chi connectivity index (χ1v) is 11.3. The van der Waals surface area contributed by atoms with Crippen LogP contribution in [0.25, 0.3) is 11.5 Å². The largest absolute Gasteiger partial charge is 0.419 e. The summed E-state index contributed by atoms with van der Waals surface area (Å²) < 4.78 is 45.5. The molecule has 1 aromatic heterocycles. The monoisotopic (exact) mass is 476 g/mol. The molecular weight excluding hydrogens is 462 g/mol. The first kappa shape index (κ1) is 21.4. The Morgan fingerprint density at radius 2 is 1.45 bits per heavy atom. The second kappa shape index (κ2) is 8.70. The van der Waals surface area contributed by atoms with E-state index in [4.69, 9.17) is 27.6 Å². The molecule has 0 atom stereocenters. The van der Waals surface area contributed by atoms with E-state index in [1.807, 2.05) is 0 Å². The van der Waals surface area contributed by atoms with Crippen LogP contribution in [0.15, 0.2) is 87.1 Å². The van der Waals surface area contributed by atoms with Crippen molar-refractivity contribution in [2.24, 2.45) is 0 Å². The number of hydrogen-bond acceptors (Lipinski definition) is 5. The summed E-state index contributed by atoms with van der Waals surface area (Å²) in [6.07, 6.45) is 0. The summed E-state index contributed by atoms with van der Waals surface area (Å²) in [5, 5.41) is 3.71. The minimum atomic E-state index is -4.01. The van der Waals surface area contributed by atoms with E-state index >= 15 is 0 Å². The van der Waals surface area contributed by atoms with E-state index in [1.54, 1.807) is 24.3 Å². The molecule has 0 radical (unpaired) electrons. The lowest BCUT2D eigenvalue weighted by molar-refractivity contribution is 0.576. The fourth-order valence-electron chi connectivity index (χ4n) is 2.83. The van der Waals surface area contributed by atoms with Crippen molar-refractivity contribution in [1.82, 2.24) is 4.98 Å². The van der Waals surface area contributed by atoms with Gasteiger partial charge in [0, 0.05) is 22.2 Å². The first-order valence-electron chi connectivity index (χ1n) is 9.09. The summed E-state index contributed by atoms with van der Waals surface area (Å²) in [6, 6.07) is 18.2. The fourth-order valence-corrected chi connectivity index (χ4v) is 4.36. The van der Waals surface area contributed by atoms with Crippen molar-refractivity contribution in [3.63, 3.8) is 0 Å². The van der Waals surface area contributed by atoms with Gasteiger partial charge in [0.05, 0.1) is 4.90 Å². The predicted molar refractivity (Wildman–Crippen MR) is 118 cm³/mol. The number of oxazole rings is 1. The van der Waals surface area contributed by atoms with Crippen molar-refractivity contribution in [3.8, 4) is 11.5 Å². The summed E-state index contributed by atoms with van der Waals surface area (Å²) in [5.74, 6) is -0.402. The quantitative estimate of drug-likeness (QED) is 0.356. The van der Waals surface area contributed by atoms with Crippen LogP contribution < -0.4 is 5.32 Å². The molecule has 0 aliphatic heterocycles. The third kappa shape index (κ3) is 4.74. The number of halogens is 3. The number of hydrogen-bond donors (Lipinski definition) is 1. The molecule has 1 heterocycles. The maximum atomic E-state index is 13.3. The zero-order valence-electron chi connectivity index (χ0n) is 15.8. The van der Waals surface area contributed by atoms with E-state index in [2.05, 4.69) is 10.3 Å². The van der Waals surface area contributed by atoms with Crippen LogP contribution in [0.5, 0.6) is 0 Å². The number of sulfone groups is 1. The molecule has 158 valence electrons. The van der Waals surface area contributed by atoms with E-state index in [9.17, 15) is 12.8 Å². The SMILES string of the molecule is O=S(=O)(c1ccc(Cl)cc1)c1nc(-c2ccc(F)cc2)oc1NCc1ccc(Cl)cc1. The summed E-state index contributed by atoms with van der Waals surface area (Å²) in [5.41, 5.74) is 1.30. The first-order chi connectivity index (χ1) is 14.8. The number of aromatic nitrogens is 1. The standard InChI is InChI=1S/C22H15Cl2FN2O3S/c23-16-5-1-14(2-6-16)13-26-21-22(31(28,29)19-11-7-17(24)8-12-19)27-20(30-21)15-3-9-18(25)10-4-15/h1-12,26H,13H2. The number of nitrogens with zero attached hydrogens (tertiary/aromatic N) is 1. The molecule has 0 saturated heterocycles. The van der Waals surface area contributed by atoms with Gasteiger partial charge in [-0.1, -0.05) is 35.3 Å². The summed E-state index contributed by atoms with van der Waals surface area (Å²) >= 11 is 11.8. The van der Waals surface area contributed by atoms with E-state index in [-0.39, 0.29) is 28.2 Å². The molecule has 0 fully saturated rings. The molecular formula is C22H15Cl2FN2O3S. The Morgan fingerprint density at radius 3 is 2.06 bits per heavy atom. The molecule has 0 amide bonds. The maximum Gasteiger partial charge on any atom is 0.234 e. The number of nitrogens with one attached hydrogen (secondary N) is 1. The third-order valence-corrected chi connectivity index (χ3v) is 6.61. The minimum Gasteiger partial charge on any atom is -0.419 e. The van der Waals surface area contributed by atoms with Crippen molar-refractivity contribution >= 4 is 38.9 Å². The number of benzene rings is 3. The molecule has 9 heteroatoms. The van der Waals surface area contributed by atoms with Crippen LogP contribution in [0.4, 0.5) is 10.3 Å². The van der Waals surface area contributed by atoms with E-state index < -0.39 is 15.7 Å². The molecule has 3 aromatic carbocycles. The zero-order chi connectivity index (χ0) is 22.0. The minimum absolute atomic E-state index is 0.0189. The Kier molecular flexibility index (Phi) is 6.00. The Hall–Kier alpha value is -2.87. The molecule has 0 spiro atoms. The van der Waals surface area contributed by atoms with Gasteiger partial charge in [-0.15, -0.1) is 0 Å². The second-order valence-electron chi connectivity index (χ2n) is 6.60. The van der Waals surface area contributed by atoms with Crippen molar-refractivity contribution in [2.75, 3.05) is 5.32 Å². The van der Waals surface area contributed by atoms with Gasteiger partial charge in [0.2, 0.25) is 26.6 Å². The lowest BCUT2D eigenvalue weighted by atomic mass is 10.2. The molecule has 0 aliphatic rings. The van der Waals surface area contributed by atoms with Crippen LogP contribution in [0, 0.1) is 5.82 Å². The number of rotatable bonds is 6. The third-order valence-electron chi connectivity index (χ3n) is 4.43. The van der Waals surface area contributed by atoms with Gasteiger partial charge in [-0.3, -0.25) is 0 Å². The molecule has 0 bridgehead atoms. The lowest BCUT2D eigenvalue weighted by Crippen LogP contribution is -2.07. The molecule has 31 heavy (non-hydrogen) atoms. The average Bonchev–Trinajstić information content (AvgIpc) is 3.19. The van der Waals surface area contributed by atoms with Crippen LogP contribution in [0.2, 0.25) is 10.0 Å². The van der Waals surface area contributed by atoms with Crippen molar-refractivity contribution in [3.05, 3.63) is 94.2 Å². The molecule has 0 saturated carbocycles. The highest BCUT2D eigenvalue weighted by atomic mass is 35.5. The van der Waals surface area contributed by atoms with Gasteiger partial charge in [0.1, 0.15) is 5.82 Å². The van der Waals surface area contributed by atoms with Crippen molar-refractivity contribution in [1.29, 1.82) is 0 Å². The maximum absolute atomic E-state index is 13.3. The lowest BCUT2D eigenvalue weighted by Gasteiger charge is -2.06. The Balaban J connectivity index is 1.74. The zero-order valence-corrected chi connectivity index (χ0v) is 18.2. The van der Waals surface area contributed by atoms with Gasteiger partial charge in [-0.05, 0) is 66.2 Å². The van der Waals surface area contributed by atoms with Crippen LogP contribution >= 0.6 is 23.2 Å². The highest BCUT2D eigenvalue weighted by Gasteiger charge is 2.28. The summed E-state index contributed by atoms with van der Waals surface area (Å²) in [6.45, 7) is 0.276. The van der Waals surface area contributed by atoms with Gasteiger partial charge in [-0.2, -0.15) is 4.98 Å². The second-order valence-corrected chi connectivity index (χ2v) is 9.34. The molecule has 0 aliphatic carbocycles. The molecule has 4 aromatic rings. The molecule has 5 nitrogen and oxygen atoms in total. The molecule has 4 rings (SSSR count). The topological polar surface area (TPSA) is 72.2 Å². The van der Waals surface area contributed by atoms with Gasteiger partial charge in [0.15, 0.2) is 0 Å². The van der Waals surface area contributed by atoms with Gasteiger partial charge >= 0.3 is 0 Å². The average molecular weight is 477 g/mol. The number of anilines is 1. The van der Waals surface area contributed by atoms with Gasteiger partial charge in [0.25, 0.3) is 0 Å². The van der Waals surface area contributed by atoms with Crippen molar-refractivity contribution in [2.45, 2.75) is 16.5 Å². The smallest absolute Gasteiger partial charge is 0.234 e. The van der Waals surface area contributed by atoms with Gasteiger partial charge < -0.3 is 9.73 Å². The van der Waals surface area contributed by atoms with Crippen LogP contribution in [-0.2, 0) is 16.4 Å². The Morgan fingerprint density at radius 1 is 0.871 bits per heavy atom. The summed E-state index contributed by atoms with van der Waals surface area (Å²) in [7, 11) is -4.01. The Labute approximate surface area is 188 Å². The van der Waals surface area contributed by atoms with Gasteiger partial charge in [-0.25, -0.2) is 12.8 Å². The summed E-state index contributed by atoms with van der Waals surface area (Å²) in [4.78, 5) is 4.23. The fraction of sp³-hybridized carbons (Fsp3) is 0.0455. The molecule has 0 unspecified atom stereocenters. The van der Waals surface area contributed by atoms with Crippen molar-refractivity contribution < 1.29 is 17.2 Å². The normalized spacial score (nSPS) is 11.5. The van der Waals surface area contributed by atoms with E-state index in [1.165, 1.54) is 48.5 Å². The highest BCUT2D eigenvalue weighted by Crippen LogP contribution is 2.33. The van der Waals surface area contributed by atoms with E-state index in [0.717, 1.165) is 5.56 Å². The predicted octanol–water partition coefficient (Wildman–Crippen LogP) is 6.23. The van der Waals surface area contributed by atoms with Crippen LogP contribution in [0.1, 0.15) is 5.56 Å². The van der Waals surface area contributed by atoms with E-state index in [0.29, 0.717) is 15.6 Å². The highest BCUT2D eigenvalue weighted by molar-refractivity contribution is 7.91. The van der Waals surface area contributed by atoms with Crippen LogP contribution in [0.3, 0.4) is 0 Å².